The van der Waals surface area contributed by atoms with Gasteiger partial charge in [0.2, 0.25) is 0 Å². The SMILES string of the molecule is C#CP(=O)(NC1C=CC(ON2C(=O)CCC2=O)=CC1=C=O)OCC. The maximum atomic E-state index is 12.3. The Hall–Kier alpha value is -2.42. The number of hydrogen-bond donors (Lipinski definition) is 1. The molecule has 2 rings (SSSR count). The molecule has 126 valence electrons. The van der Waals surface area contributed by atoms with Crippen LogP contribution in [0.25, 0.3) is 0 Å². The lowest BCUT2D eigenvalue weighted by Gasteiger charge is -2.23. The smallest absolute Gasteiger partial charge is 0.343 e. The molecule has 1 heterocycles. The number of imide groups is 1. The van der Waals surface area contributed by atoms with Gasteiger partial charge in [-0.25, -0.2) is 9.88 Å². The van der Waals surface area contributed by atoms with E-state index in [0.717, 1.165) is 0 Å². The van der Waals surface area contributed by atoms with Crippen molar-refractivity contribution < 1.29 is 28.3 Å². The van der Waals surface area contributed by atoms with Crippen molar-refractivity contribution in [3.63, 3.8) is 0 Å². The summed E-state index contributed by atoms with van der Waals surface area (Å²) in [6.45, 7) is 1.77. The van der Waals surface area contributed by atoms with Gasteiger partial charge < -0.3 is 9.36 Å². The quantitative estimate of drug-likeness (QED) is 0.331. The van der Waals surface area contributed by atoms with Crippen molar-refractivity contribution in [3.05, 3.63) is 29.6 Å². The molecule has 1 N–H and O–H groups in total. The van der Waals surface area contributed by atoms with Crippen LogP contribution in [0.1, 0.15) is 19.8 Å². The molecule has 0 radical (unpaired) electrons. The van der Waals surface area contributed by atoms with Gasteiger partial charge in [0.1, 0.15) is 5.94 Å². The van der Waals surface area contributed by atoms with Gasteiger partial charge in [0, 0.05) is 18.5 Å². The van der Waals surface area contributed by atoms with Gasteiger partial charge in [0.05, 0.1) is 18.2 Å². The molecule has 1 fully saturated rings. The van der Waals surface area contributed by atoms with Gasteiger partial charge >= 0.3 is 7.52 Å². The summed E-state index contributed by atoms with van der Waals surface area (Å²) in [4.78, 5) is 39.4. The number of allylic oxidation sites excluding steroid dienone is 1. The molecule has 2 unspecified atom stereocenters. The number of nitrogens with one attached hydrogen (secondary N) is 1. The molecule has 2 atom stereocenters. The van der Waals surface area contributed by atoms with Gasteiger partial charge in [-0.05, 0) is 19.1 Å². The average Bonchev–Trinajstić information content (AvgIpc) is 2.88. The van der Waals surface area contributed by atoms with E-state index in [-0.39, 0.29) is 30.8 Å². The highest BCUT2D eigenvalue weighted by molar-refractivity contribution is 7.62. The Morgan fingerprint density at radius 1 is 1.42 bits per heavy atom. The van der Waals surface area contributed by atoms with Gasteiger partial charge in [-0.3, -0.25) is 14.2 Å². The fraction of sp³-hybridized carbons (Fsp3) is 0.333. The van der Waals surface area contributed by atoms with Crippen molar-refractivity contribution in [1.82, 2.24) is 10.2 Å². The van der Waals surface area contributed by atoms with Crippen LogP contribution in [-0.2, 0) is 28.3 Å². The third kappa shape index (κ3) is 3.91. The monoisotopic (exact) mass is 350 g/mol. The third-order valence-corrected chi connectivity index (χ3v) is 4.78. The lowest BCUT2D eigenvalue weighted by molar-refractivity contribution is -0.175. The number of hydrogen-bond acceptors (Lipinski definition) is 6. The molecular formula is C15H15N2O6P. The van der Waals surface area contributed by atoms with Crippen LogP contribution in [0.15, 0.2) is 29.6 Å². The first-order valence-electron chi connectivity index (χ1n) is 7.11. The Morgan fingerprint density at radius 2 is 2.08 bits per heavy atom. The van der Waals surface area contributed by atoms with Gasteiger partial charge in [-0.1, -0.05) is 6.08 Å². The molecule has 0 saturated carbocycles. The second-order valence-electron chi connectivity index (χ2n) is 4.84. The van der Waals surface area contributed by atoms with E-state index >= 15 is 0 Å². The normalized spacial score (nSPS) is 22.7. The maximum Gasteiger partial charge on any atom is 0.343 e. The first kappa shape index (κ1) is 17.9. The van der Waals surface area contributed by atoms with E-state index < -0.39 is 25.4 Å². The topological polar surface area (TPSA) is 102 Å². The molecule has 1 saturated heterocycles. The van der Waals surface area contributed by atoms with Crippen LogP contribution < -0.4 is 5.09 Å². The first-order valence-corrected chi connectivity index (χ1v) is 8.73. The third-order valence-electron chi connectivity index (χ3n) is 3.20. The molecule has 2 aliphatic rings. The van der Waals surface area contributed by atoms with E-state index in [1.165, 1.54) is 18.2 Å². The van der Waals surface area contributed by atoms with E-state index in [1.54, 1.807) is 12.9 Å². The van der Waals surface area contributed by atoms with Crippen LogP contribution in [0.3, 0.4) is 0 Å². The number of nitrogens with zero attached hydrogens (tertiary/aromatic N) is 1. The number of terminal acetylenes is 1. The molecule has 0 aromatic rings. The lowest BCUT2D eigenvalue weighted by atomic mass is 10.0. The standard InChI is InChI=1S/C15H15N2O6P/c1-3-22-24(21,4-2)16-13-6-5-12(9-11(13)10-18)23-17-14(19)7-8-15(17)20/h2,5-6,9,13H,3,7-8H2,1H3,(H,16,21). The molecule has 0 aromatic heterocycles. The Kier molecular flexibility index (Phi) is 5.55. The maximum absolute atomic E-state index is 12.3. The molecule has 2 amide bonds. The summed E-state index contributed by atoms with van der Waals surface area (Å²) in [5.41, 5.74) is 2.09. The summed E-state index contributed by atoms with van der Waals surface area (Å²) in [7, 11) is -3.55. The number of amides is 2. The molecule has 1 aliphatic carbocycles. The second kappa shape index (κ2) is 7.43. The van der Waals surface area contributed by atoms with Gasteiger partial charge in [0.25, 0.3) is 11.8 Å². The van der Waals surface area contributed by atoms with E-state index in [2.05, 4.69) is 5.09 Å². The van der Waals surface area contributed by atoms with Crippen molar-refractivity contribution in [2.45, 2.75) is 25.8 Å². The highest BCUT2D eigenvalue weighted by atomic mass is 31.2. The summed E-state index contributed by atoms with van der Waals surface area (Å²) in [5.74, 6) is 0.864. The van der Waals surface area contributed by atoms with Crippen molar-refractivity contribution in [2.75, 3.05) is 6.61 Å². The first-order chi connectivity index (χ1) is 11.4. The zero-order valence-electron chi connectivity index (χ0n) is 12.9. The minimum absolute atomic E-state index is 0.0433. The van der Waals surface area contributed by atoms with Gasteiger partial charge in [0.15, 0.2) is 5.76 Å². The Bertz CT molecular complexity index is 740. The van der Waals surface area contributed by atoms with E-state index in [0.29, 0.717) is 5.06 Å². The minimum Gasteiger partial charge on any atom is -0.369 e. The summed E-state index contributed by atoms with van der Waals surface area (Å²) in [6, 6.07) is -0.798. The second-order valence-corrected chi connectivity index (χ2v) is 6.72. The fourth-order valence-electron chi connectivity index (χ4n) is 2.09. The van der Waals surface area contributed by atoms with Crippen LogP contribution in [0.4, 0.5) is 0 Å². The average molecular weight is 350 g/mol. The van der Waals surface area contributed by atoms with Crippen molar-refractivity contribution >= 4 is 25.3 Å². The molecule has 24 heavy (non-hydrogen) atoms. The van der Waals surface area contributed by atoms with Gasteiger partial charge in [-0.2, -0.15) is 0 Å². The Labute approximate surface area is 138 Å². The van der Waals surface area contributed by atoms with Crippen molar-refractivity contribution in [3.8, 4) is 12.1 Å². The van der Waals surface area contributed by atoms with Crippen LogP contribution >= 0.6 is 7.52 Å². The zero-order chi connectivity index (χ0) is 17.7. The predicted molar refractivity (Wildman–Crippen MR) is 83.6 cm³/mol. The Balaban J connectivity index is 2.13. The van der Waals surface area contributed by atoms with Gasteiger partial charge in [-0.15, -0.1) is 11.5 Å². The highest BCUT2D eigenvalue weighted by Crippen LogP contribution is 2.42. The molecule has 0 aromatic carbocycles. The predicted octanol–water partition coefficient (Wildman–Crippen LogP) is 1.06. The summed E-state index contributed by atoms with van der Waals surface area (Å²) >= 11 is 0. The van der Waals surface area contributed by atoms with Crippen LogP contribution in [0, 0.1) is 12.1 Å². The van der Waals surface area contributed by atoms with Crippen LogP contribution in [0.5, 0.6) is 0 Å². The van der Waals surface area contributed by atoms with E-state index in [4.69, 9.17) is 15.8 Å². The zero-order valence-corrected chi connectivity index (χ0v) is 13.7. The van der Waals surface area contributed by atoms with Crippen molar-refractivity contribution in [2.24, 2.45) is 0 Å². The van der Waals surface area contributed by atoms with E-state index in [9.17, 15) is 18.9 Å². The van der Waals surface area contributed by atoms with Crippen molar-refractivity contribution in [1.29, 1.82) is 0 Å². The summed E-state index contributed by atoms with van der Waals surface area (Å²) < 4.78 is 17.3. The van der Waals surface area contributed by atoms with E-state index in [1.807, 2.05) is 5.66 Å². The molecule has 8 nitrogen and oxygen atoms in total. The molecule has 9 heteroatoms. The Morgan fingerprint density at radius 3 is 2.62 bits per heavy atom. The minimum atomic E-state index is -3.55. The molecular weight excluding hydrogens is 335 g/mol. The number of rotatable bonds is 6. The molecule has 0 bridgehead atoms. The van der Waals surface area contributed by atoms with Crippen LogP contribution in [-0.4, -0.2) is 35.5 Å². The molecule has 0 spiro atoms. The summed E-state index contributed by atoms with van der Waals surface area (Å²) in [6.07, 6.45) is 9.51. The number of hydroxylamine groups is 2. The number of carbonyl (C=O) groups excluding carboxylic acids is 3. The van der Waals surface area contributed by atoms with Crippen LogP contribution in [0.2, 0.25) is 0 Å². The largest absolute Gasteiger partial charge is 0.369 e. The summed E-state index contributed by atoms with van der Waals surface area (Å²) in [5, 5.41) is 3.23. The lowest BCUT2D eigenvalue weighted by Crippen LogP contribution is -2.31. The number of carbonyl (C=O) groups is 2. The highest BCUT2D eigenvalue weighted by Gasteiger charge is 2.33. The fourth-order valence-corrected chi connectivity index (χ4v) is 3.27. The molecule has 1 aliphatic heterocycles.